The number of carboxylic acid groups (broad SMARTS) is 1. The first-order valence-electron chi connectivity index (χ1n) is 11.1. The van der Waals surface area contributed by atoms with E-state index in [4.69, 9.17) is 10.5 Å². The monoisotopic (exact) mass is 633 g/mol. The van der Waals surface area contributed by atoms with E-state index in [9.17, 15) is 41.7 Å². The van der Waals surface area contributed by atoms with Gasteiger partial charge in [-0.05, 0) is 24.3 Å². The summed E-state index contributed by atoms with van der Waals surface area (Å²) in [5.74, 6) is -5.65. The van der Waals surface area contributed by atoms with Gasteiger partial charge in [-0.3, -0.25) is 18.7 Å². The van der Waals surface area contributed by atoms with Crippen molar-refractivity contribution in [2.45, 2.75) is 22.5 Å². The van der Waals surface area contributed by atoms with Crippen LogP contribution in [0.2, 0.25) is 0 Å². The topological polar surface area (TPSA) is 191 Å². The maximum absolute atomic E-state index is 13.0. The summed E-state index contributed by atoms with van der Waals surface area (Å²) in [5, 5.41) is 15.3. The number of hydrogen-bond acceptors (Lipinski definition) is 12. The van der Waals surface area contributed by atoms with Crippen LogP contribution in [0.1, 0.15) is 5.69 Å². The maximum Gasteiger partial charge on any atom is 0.493 e. The largest absolute Gasteiger partial charge is 0.493 e. The molecule has 0 spiro atoms. The molecule has 1 fully saturated rings. The fraction of sp³-hybridized carbons (Fsp3) is 0.273. The van der Waals surface area contributed by atoms with Crippen LogP contribution in [0, 0.1) is 0 Å². The van der Waals surface area contributed by atoms with E-state index < -0.39 is 57.9 Å². The fourth-order valence-electron chi connectivity index (χ4n) is 3.64. The molecule has 1 aromatic carbocycles. The Morgan fingerprint density at radius 1 is 1.29 bits per heavy atom. The second kappa shape index (κ2) is 11.9. The van der Waals surface area contributed by atoms with Crippen LogP contribution in [0.4, 0.5) is 18.3 Å². The number of nitrogens with zero attached hydrogens (tertiary/aromatic N) is 3. The minimum Gasteiger partial charge on any atom is -0.489 e. The summed E-state index contributed by atoms with van der Waals surface area (Å²) in [6, 6.07) is 5.04. The average Bonchev–Trinajstić information content (AvgIpc) is 3.35. The number of oxime groups is 1. The van der Waals surface area contributed by atoms with Gasteiger partial charge in [0.05, 0.1) is 0 Å². The molecule has 2 unspecified atom stereocenters. The highest BCUT2D eigenvalue weighted by Crippen LogP contribution is 2.40. The summed E-state index contributed by atoms with van der Waals surface area (Å²) in [5.41, 5.74) is 4.28. The van der Waals surface area contributed by atoms with Crippen molar-refractivity contribution < 1.29 is 51.2 Å². The van der Waals surface area contributed by atoms with Gasteiger partial charge in [0.15, 0.2) is 10.8 Å². The fourth-order valence-corrected chi connectivity index (χ4v) is 6.04. The lowest BCUT2D eigenvalue weighted by Crippen LogP contribution is -2.71. The molecule has 4 rings (SSSR count). The highest BCUT2D eigenvalue weighted by atomic mass is 32.2. The molecule has 3 heterocycles. The zero-order valence-electron chi connectivity index (χ0n) is 20.5. The van der Waals surface area contributed by atoms with Crippen LogP contribution in [0.25, 0.3) is 0 Å². The first-order valence-corrected chi connectivity index (χ1v) is 14.6. The molecule has 3 atom stereocenters. The smallest absolute Gasteiger partial charge is 0.489 e. The van der Waals surface area contributed by atoms with Crippen LogP contribution < -0.4 is 15.8 Å². The molecule has 0 bridgehead atoms. The molecule has 0 aliphatic carbocycles. The van der Waals surface area contributed by atoms with E-state index in [2.05, 4.69) is 20.3 Å². The Morgan fingerprint density at radius 2 is 1.98 bits per heavy atom. The third-order valence-electron chi connectivity index (χ3n) is 5.54. The number of fused-ring (bicyclic) bond motifs is 1. The minimum atomic E-state index is -5.39. The number of aliphatic carboxylic acids is 1. The predicted molar refractivity (Wildman–Crippen MR) is 139 cm³/mol. The molecule has 2 aromatic rings. The predicted octanol–water partition coefficient (Wildman–Crippen LogP) is 1.09. The van der Waals surface area contributed by atoms with E-state index >= 15 is 0 Å². The van der Waals surface area contributed by atoms with Gasteiger partial charge in [-0.1, -0.05) is 5.16 Å². The normalized spacial score (nSPS) is 19.7. The second-order valence-corrected chi connectivity index (χ2v) is 11.6. The number of rotatable bonds is 9. The summed E-state index contributed by atoms with van der Waals surface area (Å²) in [4.78, 5) is 58.1. The van der Waals surface area contributed by atoms with Crippen molar-refractivity contribution in [2.75, 3.05) is 24.3 Å². The number of anilines is 1. The Hall–Kier alpha value is -3.97. The van der Waals surface area contributed by atoms with Gasteiger partial charge in [-0.25, -0.2) is 14.6 Å². The SMILES string of the molecule is CS(=O)c1ccc(OCC2=C(C(=O)O)N3C(=O)C(NC(=O)C(=NOC(=O)C(F)(F)F)c4csc(N)n4)[C@@H]3SC2)cc1. The molecule has 4 N–H and O–H groups in total. The third-order valence-corrected chi connectivity index (χ3v) is 8.49. The van der Waals surface area contributed by atoms with Crippen molar-refractivity contribution in [2.24, 2.45) is 5.16 Å². The molecule has 218 valence electrons. The van der Waals surface area contributed by atoms with Gasteiger partial charge in [-0.2, -0.15) is 13.2 Å². The number of carbonyl (C=O) groups excluding carboxylic acids is 3. The standard InChI is InChI=1S/C22H18F3N5O8S3/c1-41(36)11-4-2-10(3-5-11)37-6-9-7-39-18-14(17(32)30(18)15(9)19(33)34)28-16(31)13(12-8-40-21(26)27-12)29-38-20(35)22(23,24)25/h2-5,8,14,18H,6-7H2,1H3,(H2,26,27)(H,28,31)(H,33,34)/t14?,18-,41?/m0/s1. The molecular weight excluding hydrogens is 615 g/mol. The van der Waals surface area contributed by atoms with Crippen LogP contribution in [-0.2, 0) is 34.8 Å². The molecule has 1 saturated heterocycles. The van der Waals surface area contributed by atoms with Crippen molar-refractivity contribution in [1.82, 2.24) is 15.2 Å². The zero-order chi connectivity index (χ0) is 30.1. The number of β-lactam (4-membered cyclic amide) rings is 1. The summed E-state index contributed by atoms with van der Waals surface area (Å²) < 4.78 is 54.8. The number of amides is 2. The van der Waals surface area contributed by atoms with E-state index in [1.165, 1.54) is 11.6 Å². The first-order chi connectivity index (χ1) is 19.3. The lowest BCUT2D eigenvalue weighted by Gasteiger charge is -2.49. The number of aromatic nitrogens is 1. The molecule has 2 aliphatic heterocycles. The van der Waals surface area contributed by atoms with Gasteiger partial charge >= 0.3 is 18.1 Å². The average molecular weight is 634 g/mol. The van der Waals surface area contributed by atoms with Crippen LogP contribution in [0.5, 0.6) is 5.75 Å². The first kappa shape index (κ1) is 30.0. The number of carbonyl (C=O) groups is 4. The number of alkyl halides is 3. The lowest BCUT2D eigenvalue weighted by atomic mass is 10.0. The van der Waals surface area contributed by atoms with Gasteiger partial charge < -0.3 is 25.7 Å². The highest BCUT2D eigenvalue weighted by molar-refractivity contribution is 8.00. The number of nitrogens with one attached hydrogen (secondary N) is 1. The molecule has 19 heteroatoms. The number of nitrogen functional groups attached to an aromatic ring is 1. The molecular formula is C22H18F3N5O8S3. The Labute approximate surface area is 239 Å². The number of nitrogens with two attached hydrogens (primary N) is 1. The van der Waals surface area contributed by atoms with Gasteiger partial charge in [0.1, 0.15) is 35.2 Å². The number of carboxylic acids is 1. The third kappa shape index (κ3) is 6.51. The van der Waals surface area contributed by atoms with Gasteiger partial charge in [0.2, 0.25) is 0 Å². The maximum atomic E-state index is 13.0. The van der Waals surface area contributed by atoms with Crippen molar-refractivity contribution in [3.8, 4) is 5.75 Å². The summed E-state index contributed by atoms with van der Waals surface area (Å²) >= 11 is 1.94. The molecule has 13 nitrogen and oxygen atoms in total. The summed E-state index contributed by atoms with van der Waals surface area (Å²) in [6.07, 6.45) is -3.88. The van der Waals surface area contributed by atoms with Crippen molar-refractivity contribution in [1.29, 1.82) is 0 Å². The van der Waals surface area contributed by atoms with E-state index in [1.807, 2.05) is 0 Å². The molecule has 2 aliphatic rings. The lowest BCUT2D eigenvalue weighted by molar-refractivity contribution is -0.199. The van der Waals surface area contributed by atoms with Crippen molar-refractivity contribution >= 4 is 68.5 Å². The van der Waals surface area contributed by atoms with Crippen LogP contribution in [0.3, 0.4) is 0 Å². The molecule has 0 saturated carbocycles. The molecule has 41 heavy (non-hydrogen) atoms. The Kier molecular flexibility index (Phi) is 8.69. The van der Waals surface area contributed by atoms with E-state index in [0.29, 0.717) is 10.6 Å². The Balaban J connectivity index is 1.49. The van der Waals surface area contributed by atoms with Gasteiger partial charge in [0, 0.05) is 38.7 Å². The number of benzene rings is 1. The number of thiazole rings is 1. The summed E-state index contributed by atoms with van der Waals surface area (Å²) in [7, 11) is -1.19. The van der Waals surface area contributed by atoms with E-state index in [1.54, 1.807) is 24.3 Å². The van der Waals surface area contributed by atoms with Gasteiger partial charge in [0.25, 0.3) is 11.8 Å². The van der Waals surface area contributed by atoms with Crippen molar-refractivity contribution in [3.05, 3.63) is 46.6 Å². The quantitative estimate of drug-likeness (QED) is 0.155. The number of thioether (sulfide) groups is 1. The Bertz CT molecular complexity index is 1490. The van der Waals surface area contributed by atoms with E-state index in [0.717, 1.165) is 28.0 Å². The number of hydrogen-bond donors (Lipinski definition) is 3. The van der Waals surface area contributed by atoms with Crippen molar-refractivity contribution in [3.63, 3.8) is 0 Å². The zero-order valence-corrected chi connectivity index (χ0v) is 23.0. The molecule has 1 aromatic heterocycles. The van der Waals surface area contributed by atoms with Crippen LogP contribution in [0.15, 0.2) is 51.0 Å². The molecule has 0 radical (unpaired) electrons. The van der Waals surface area contributed by atoms with Crippen LogP contribution in [-0.4, -0.2) is 84.9 Å². The van der Waals surface area contributed by atoms with Crippen LogP contribution >= 0.6 is 23.1 Å². The second-order valence-electron chi connectivity index (χ2n) is 8.22. The summed E-state index contributed by atoms with van der Waals surface area (Å²) in [6.45, 7) is -0.177. The van der Waals surface area contributed by atoms with Gasteiger partial charge in [-0.15, -0.1) is 23.1 Å². The minimum absolute atomic E-state index is 0.0707. The van der Waals surface area contributed by atoms with E-state index in [-0.39, 0.29) is 34.5 Å². The number of ether oxygens (including phenoxy) is 1. The molecule has 2 amide bonds. The Morgan fingerprint density at radius 3 is 2.54 bits per heavy atom. The highest BCUT2D eigenvalue weighted by Gasteiger charge is 2.54. The number of halogens is 3.